The van der Waals surface area contributed by atoms with Crippen molar-refractivity contribution in [3.8, 4) is 0 Å². The number of hydrogen-bond donors (Lipinski definition) is 2. The van der Waals surface area contributed by atoms with Crippen molar-refractivity contribution in [2.45, 2.75) is 65.1 Å². The van der Waals surface area contributed by atoms with Gasteiger partial charge in [0.2, 0.25) is 5.91 Å². The van der Waals surface area contributed by atoms with Crippen molar-refractivity contribution >= 4 is 5.91 Å². The first-order valence-corrected chi connectivity index (χ1v) is 7.20. The molecule has 1 heterocycles. The summed E-state index contributed by atoms with van der Waals surface area (Å²) in [6.07, 6.45) is 2.99. The zero-order chi connectivity index (χ0) is 13.7. The molecule has 106 valence electrons. The van der Waals surface area contributed by atoms with E-state index in [1.807, 2.05) is 13.8 Å². The smallest absolute Gasteiger partial charge is 0.221 e. The maximum atomic E-state index is 11.9. The molecule has 2 unspecified atom stereocenters. The molecule has 0 aromatic rings. The minimum atomic E-state index is 0.120. The first-order valence-electron chi connectivity index (χ1n) is 7.20. The Kier molecular flexibility index (Phi) is 6.09. The van der Waals surface area contributed by atoms with E-state index in [0.29, 0.717) is 24.9 Å². The summed E-state index contributed by atoms with van der Waals surface area (Å²) in [4.78, 5) is 14.3. The van der Waals surface area contributed by atoms with Crippen molar-refractivity contribution in [1.29, 1.82) is 0 Å². The molecule has 4 heteroatoms. The van der Waals surface area contributed by atoms with Crippen LogP contribution in [-0.4, -0.2) is 42.0 Å². The second kappa shape index (κ2) is 7.10. The Bertz CT molecular complexity index is 266. The zero-order valence-electron chi connectivity index (χ0n) is 12.3. The molecule has 0 aromatic carbocycles. The van der Waals surface area contributed by atoms with Crippen molar-refractivity contribution in [1.82, 2.24) is 10.2 Å². The standard InChI is InChI=1S/C14H29N3O/c1-10(2)13-6-5-7-17(13)12(9-15)8-14(18)16-11(3)4/h10-13H,5-9,15H2,1-4H3,(H,16,18). The van der Waals surface area contributed by atoms with Crippen LogP contribution in [0, 0.1) is 5.92 Å². The lowest BCUT2D eigenvalue weighted by Crippen LogP contribution is -2.48. The number of rotatable bonds is 6. The quantitative estimate of drug-likeness (QED) is 0.753. The van der Waals surface area contributed by atoms with Gasteiger partial charge in [0.05, 0.1) is 0 Å². The first-order chi connectivity index (χ1) is 8.45. The van der Waals surface area contributed by atoms with E-state index in [9.17, 15) is 4.79 Å². The maximum Gasteiger partial charge on any atom is 0.221 e. The van der Waals surface area contributed by atoms with Crippen LogP contribution < -0.4 is 11.1 Å². The van der Waals surface area contributed by atoms with E-state index in [-0.39, 0.29) is 18.0 Å². The average Bonchev–Trinajstić information content (AvgIpc) is 2.73. The number of carbonyl (C=O) groups excluding carboxylic acids is 1. The highest BCUT2D eigenvalue weighted by atomic mass is 16.1. The molecule has 0 bridgehead atoms. The molecule has 0 aliphatic carbocycles. The van der Waals surface area contributed by atoms with E-state index in [1.54, 1.807) is 0 Å². The first kappa shape index (κ1) is 15.4. The molecule has 0 spiro atoms. The summed E-state index contributed by atoms with van der Waals surface area (Å²) in [5.74, 6) is 0.754. The minimum Gasteiger partial charge on any atom is -0.354 e. The third kappa shape index (κ3) is 4.25. The van der Waals surface area contributed by atoms with Crippen LogP contribution in [-0.2, 0) is 4.79 Å². The van der Waals surface area contributed by atoms with Crippen LogP contribution in [0.2, 0.25) is 0 Å². The molecule has 0 aromatic heterocycles. The average molecular weight is 255 g/mol. The normalized spacial score (nSPS) is 22.7. The molecule has 0 saturated carbocycles. The SMILES string of the molecule is CC(C)NC(=O)CC(CN)N1CCCC1C(C)C. The molecular weight excluding hydrogens is 226 g/mol. The third-order valence-corrected chi connectivity index (χ3v) is 3.72. The summed E-state index contributed by atoms with van der Waals surface area (Å²) in [6, 6.07) is 0.986. The lowest BCUT2D eigenvalue weighted by molar-refractivity contribution is -0.122. The van der Waals surface area contributed by atoms with Crippen LogP contribution in [0.1, 0.15) is 47.0 Å². The molecule has 0 radical (unpaired) electrons. The molecule has 4 nitrogen and oxygen atoms in total. The minimum absolute atomic E-state index is 0.120. The van der Waals surface area contributed by atoms with Gasteiger partial charge in [-0.1, -0.05) is 13.8 Å². The van der Waals surface area contributed by atoms with Gasteiger partial charge in [0, 0.05) is 31.1 Å². The Labute approximate surface area is 111 Å². The fraction of sp³-hybridized carbons (Fsp3) is 0.929. The van der Waals surface area contributed by atoms with Gasteiger partial charge in [0.1, 0.15) is 0 Å². The van der Waals surface area contributed by atoms with Crippen LogP contribution in [0.5, 0.6) is 0 Å². The van der Waals surface area contributed by atoms with Crippen LogP contribution in [0.4, 0.5) is 0 Å². The Balaban J connectivity index is 2.57. The van der Waals surface area contributed by atoms with Gasteiger partial charge in [-0.15, -0.1) is 0 Å². The number of carbonyl (C=O) groups is 1. The summed E-state index contributed by atoms with van der Waals surface area (Å²) < 4.78 is 0. The van der Waals surface area contributed by atoms with Gasteiger partial charge in [0.25, 0.3) is 0 Å². The molecule has 3 N–H and O–H groups in total. The predicted octanol–water partition coefficient (Wildman–Crippen LogP) is 1.35. The Morgan fingerprint density at radius 1 is 1.39 bits per heavy atom. The topological polar surface area (TPSA) is 58.4 Å². The van der Waals surface area contributed by atoms with Gasteiger partial charge in [-0.25, -0.2) is 0 Å². The van der Waals surface area contributed by atoms with Crippen molar-refractivity contribution in [3.05, 3.63) is 0 Å². The van der Waals surface area contributed by atoms with E-state index >= 15 is 0 Å². The number of hydrogen-bond acceptors (Lipinski definition) is 3. The molecule has 1 fully saturated rings. The van der Waals surface area contributed by atoms with Gasteiger partial charge >= 0.3 is 0 Å². The predicted molar refractivity (Wildman–Crippen MR) is 75.3 cm³/mol. The van der Waals surface area contributed by atoms with E-state index in [0.717, 1.165) is 6.54 Å². The van der Waals surface area contributed by atoms with E-state index < -0.39 is 0 Å². The number of nitrogens with one attached hydrogen (secondary N) is 1. The lowest BCUT2D eigenvalue weighted by atomic mass is 10.00. The molecule has 2 atom stereocenters. The van der Waals surface area contributed by atoms with E-state index in [4.69, 9.17) is 5.73 Å². The van der Waals surface area contributed by atoms with Gasteiger partial charge in [-0.2, -0.15) is 0 Å². The van der Waals surface area contributed by atoms with Gasteiger partial charge in [-0.05, 0) is 39.2 Å². The highest BCUT2D eigenvalue weighted by Gasteiger charge is 2.32. The fourth-order valence-corrected chi connectivity index (χ4v) is 2.92. The third-order valence-electron chi connectivity index (χ3n) is 3.72. The van der Waals surface area contributed by atoms with Gasteiger partial charge in [-0.3, -0.25) is 9.69 Å². The van der Waals surface area contributed by atoms with Gasteiger partial charge in [0.15, 0.2) is 0 Å². The fourth-order valence-electron chi connectivity index (χ4n) is 2.92. The van der Waals surface area contributed by atoms with Gasteiger partial charge < -0.3 is 11.1 Å². The Morgan fingerprint density at radius 2 is 2.06 bits per heavy atom. The number of nitrogens with zero attached hydrogens (tertiary/aromatic N) is 1. The molecule has 1 aliphatic heterocycles. The van der Waals surface area contributed by atoms with Crippen molar-refractivity contribution < 1.29 is 4.79 Å². The number of amides is 1. The Morgan fingerprint density at radius 3 is 2.56 bits per heavy atom. The second-order valence-corrected chi connectivity index (χ2v) is 6.01. The molecule has 1 rings (SSSR count). The summed E-state index contributed by atoms with van der Waals surface area (Å²) in [5, 5.41) is 2.95. The largest absolute Gasteiger partial charge is 0.354 e. The van der Waals surface area contributed by atoms with Crippen LogP contribution in [0.25, 0.3) is 0 Å². The summed E-state index contributed by atoms with van der Waals surface area (Å²) >= 11 is 0. The highest BCUT2D eigenvalue weighted by molar-refractivity contribution is 5.76. The second-order valence-electron chi connectivity index (χ2n) is 6.01. The van der Waals surface area contributed by atoms with E-state index in [1.165, 1.54) is 12.8 Å². The molecule has 18 heavy (non-hydrogen) atoms. The van der Waals surface area contributed by atoms with Crippen LogP contribution >= 0.6 is 0 Å². The molecule has 1 amide bonds. The molecule has 1 saturated heterocycles. The number of likely N-dealkylation sites (tertiary alicyclic amines) is 1. The summed E-state index contributed by atoms with van der Waals surface area (Å²) in [6.45, 7) is 10.1. The Hall–Kier alpha value is -0.610. The molecule has 1 aliphatic rings. The number of nitrogens with two attached hydrogens (primary N) is 1. The van der Waals surface area contributed by atoms with Crippen molar-refractivity contribution in [2.24, 2.45) is 11.7 Å². The highest BCUT2D eigenvalue weighted by Crippen LogP contribution is 2.26. The summed E-state index contributed by atoms with van der Waals surface area (Å²) in [7, 11) is 0. The lowest BCUT2D eigenvalue weighted by Gasteiger charge is -2.34. The van der Waals surface area contributed by atoms with Crippen molar-refractivity contribution in [3.63, 3.8) is 0 Å². The van der Waals surface area contributed by atoms with Crippen molar-refractivity contribution in [2.75, 3.05) is 13.1 Å². The zero-order valence-corrected chi connectivity index (χ0v) is 12.3. The molecular formula is C14H29N3O. The van der Waals surface area contributed by atoms with Crippen LogP contribution in [0.15, 0.2) is 0 Å². The summed E-state index contributed by atoms with van der Waals surface area (Å²) in [5.41, 5.74) is 5.87. The maximum absolute atomic E-state index is 11.9. The van der Waals surface area contributed by atoms with E-state index in [2.05, 4.69) is 24.1 Å². The van der Waals surface area contributed by atoms with Crippen LogP contribution in [0.3, 0.4) is 0 Å². The monoisotopic (exact) mass is 255 g/mol.